The summed E-state index contributed by atoms with van der Waals surface area (Å²) in [5.41, 5.74) is -0.0239. The minimum Gasteiger partial charge on any atom is -0.507 e. The van der Waals surface area contributed by atoms with Crippen molar-refractivity contribution in [1.82, 2.24) is 4.31 Å². The molecule has 2 aliphatic rings. The number of hydrogen-bond acceptors (Lipinski definition) is 15. The minimum atomic E-state index is -4.03. The molecule has 1 amide bonds. The van der Waals surface area contributed by atoms with Gasteiger partial charge >= 0.3 is 16.4 Å². The first kappa shape index (κ1) is 49.8. The quantitative estimate of drug-likeness (QED) is 0.162. The normalized spacial score (nSPS) is 17.2. The molecule has 16 nitrogen and oxygen atoms in total. The highest BCUT2D eigenvalue weighted by molar-refractivity contribution is 7.85. The molecule has 2 atom stereocenters. The molecule has 0 saturated carbocycles. The van der Waals surface area contributed by atoms with Crippen LogP contribution >= 0.6 is 0 Å². The number of aromatic hydroxyl groups is 1. The van der Waals surface area contributed by atoms with E-state index in [0.717, 1.165) is 24.2 Å². The number of phenols is 1. The van der Waals surface area contributed by atoms with Crippen molar-refractivity contribution in [3.63, 3.8) is 0 Å². The summed E-state index contributed by atoms with van der Waals surface area (Å²) in [6.07, 6.45) is 3.10. The molecule has 2 aromatic carbocycles. The van der Waals surface area contributed by atoms with Gasteiger partial charge in [0.25, 0.3) is 0 Å². The molecule has 4 rings (SSSR count). The molecule has 0 aliphatic carbocycles. The van der Waals surface area contributed by atoms with Crippen molar-refractivity contribution in [3.8, 4) is 34.5 Å². The molecule has 0 radical (unpaired) electrons. The van der Waals surface area contributed by atoms with Crippen LogP contribution in [0.2, 0.25) is 0 Å². The van der Waals surface area contributed by atoms with Gasteiger partial charge in [-0.1, -0.05) is 41.5 Å². The molecule has 0 spiro atoms. The average Bonchev–Trinajstić information content (AvgIpc) is 3.32. The highest BCUT2D eigenvalue weighted by Gasteiger charge is 2.49. The van der Waals surface area contributed by atoms with Crippen molar-refractivity contribution in [1.29, 1.82) is 0 Å². The summed E-state index contributed by atoms with van der Waals surface area (Å²) in [5, 5.41) is 9.52. The molecular weight excluding hydrogens is 777 g/mol. The summed E-state index contributed by atoms with van der Waals surface area (Å²) in [7, 11) is 2.38. The number of amides is 1. The van der Waals surface area contributed by atoms with Gasteiger partial charge in [-0.3, -0.25) is 14.0 Å². The van der Waals surface area contributed by atoms with Gasteiger partial charge in [-0.25, -0.2) is 4.79 Å². The lowest BCUT2D eigenvalue weighted by Gasteiger charge is -2.32. The molecule has 0 aromatic heterocycles. The largest absolute Gasteiger partial charge is 0.507 e. The summed E-state index contributed by atoms with van der Waals surface area (Å²) in [4.78, 5) is 27.3. The van der Waals surface area contributed by atoms with E-state index in [1.807, 2.05) is 39.1 Å². The van der Waals surface area contributed by atoms with Gasteiger partial charge in [0.1, 0.15) is 23.7 Å². The zero-order valence-corrected chi connectivity index (χ0v) is 37.1. The number of rotatable bonds is 13. The van der Waals surface area contributed by atoms with Crippen LogP contribution in [-0.2, 0) is 28.7 Å². The summed E-state index contributed by atoms with van der Waals surface area (Å²) >= 11 is 0. The third-order valence-electron chi connectivity index (χ3n) is 8.50. The molecular formula is C41H64N2O14S. The summed E-state index contributed by atoms with van der Waals surface area (Å²) in [5.74, 6) is 2.86. The van der Waals surface area contributed by atoms with Crippen molar-refractivity contribution in [2.75, 3.05) is 68.1 Å². The molecule has 58 heavy (non-hydrogen) atoms. The number of aliphatic imine (C=N–C) groups is 1. The van der Waals surface area contributed by atoms with Crippen LogP contribution in [0.4, 0.5) is 4.79 Å². The number of nitrogens with zero attached hydrogens (tertiary/aromatic N) is 2. The molecule has 1 N–H and O–H groups in total. The summed E-state index contributed by atoms with van der Waals surface area (Å²) in [6, 6.07) is 6.17. The minimum absolute atomic E-state index is 0.0366. The maximum Gasteiger partial charge on any atom is 0.426 e. The van der Waals surface area contributed by atoms with E-state index in [0.29, 0.717) is 66.6 Å². The fraction of sp³-hybridized carbons (Fsp3) is 0.634. The maximum atomic E-state index is 12.0. The number of carbonyl (C=O) groups excluding carboxylic acids is 2. The van der Waals surface area contributed by atoms with Gasteiger partial charge in [-0.2, -0.15) is 12.7 Å². The van der Waals surface area contributed by atoms with Crippen LogP contribution in [0, 0.1) is 10.8 Å². The Morgan fingerprint density at radius 1 is 0.810 bits per heavy atom. The van der Waals surface area contributed by atoms with Gasteiger partial charge in [-0.05, 0) is 43.7 Å². The fourth-order valence-electron chi connectivity index (χ4n) is 5.17. The van der Waals surface area contributed by atoms with Crippen LogP contribution in [0.5, 0.6) is 34.5 Å². The van der Waals surface area contributed by atoms with Crippen molar-refractivity contribution < 1.29 is 65.2 Å². The molecule has 0 unspecified atom stereocenters. The Morgan fingerprint density at radius 3 is 1.84 bits per heavy atom. The number of methoxy groups -OCH3 is 4. The van der Waals surface area contributed by atoms with E-state index in [4.69, 9.17) is 42.1 Å². The van der Waals surface area contributed by atoms with E-state index in [1.54, 1.807) is 42.1 Å². The zero-order chi connectivity index (χ0) is 43.9. The molecule has 328 valence electrons. The lowest BCUT2D eigenvalue weighted by Crippen LogP contribution is -2.48. The maximum absolute atomic E-state index is 12.0. The van der Waals surface area contributed by atoms with Crippen molar-refractivity contribution in [2.45, 2.75) is 92.8 Å². The van der Waals surface area contributed by atoms with Crippen LogP contribution in [0.25, 0.3) is 0 Å². The molecule has 0 bridgehead atoms. The zero-order valence-electron chi connectivity index (χ0n) is 36.3. The molecule has 1 saturated heterocycles. The number of benzene rings is 2. The first-order valence-corrected chi connectivity index (χ1v) is 20.3. The Kier molecular flexibility index (Phi) is 19.0. The van der Waals surface area contributed by atoms with Crippen LogP contribution in [0.1, 0.15) is 91.1 Å². The van der Waals surface area contributed by atoms with E-state index in [1.165, 1.54) is 19.2 Å². The van der Waals surface area contributed by atoms with Crippen molar-refractivity contribution >= 4 is 28.9 Å². The van der Waals surface area contributed by atoms with E-state index in [-0.39, 0.29) is 29.4 Å². The number of hydrogen-bond donors (Lipinski definition) is 1. The third kappa shape index (κ3) is 15.5. The lowest BCUT2D eigenvalue weighted by atomic mass is 9.87. The predicted octanol–water partition coefficient (Wildman–Crippen LogP) is 6.88. The van der Waals surface area contributed by atoms with Gasteiger partial charge in [0.2, 0.25) is 0 Å². The molecule has 2 aromatic rings. The van der Waals surface area contributed by atoms with Gasteiger partial charge in [0.15, 0.2) is 29.3 Å². The fourth-order valence-corrected chi connectivity index (χ4v) is 6.49. The lowest BCUT2D eigenvalue weighted by molar-refractivity contribution is 0.0279. The summed E-state index contributed by atoms with van der Waals surface area (Å²) < 4.78 is 71.7. The van der Waals surface area contributed by atoms with Gasteiger partial charge in [0.05, 0.1) is 51.7 Å². The van der Waals surface area contributed by atoms with Crippen LogP contribution in [0.15, 0.2) is 29.3 Å². The Labute approximate surface area is 344 Å². The molecule has 1 fully saturated rings. The first-order chi connectivity index (χ1) is 27.0. The Morgan fingerprint density at radius 2 is 1.36 bits per heavy atom. The highest BCUT2D eigenvalue weighted by atomic mass is 32.2. The molecule has 2 heterocycles. The second-order valence-corrected chi connectivity index (χ2v) is 18.0. The Balaban J connectivity index is 0.000000305. The second-order valence-electron chi connectivity index (χ2n) is 16.5. The Hall–Kier alpha value is -4.32. The van der Waals surface area contributed by atoms with E-state index in [2.05, 4.69) is 25.8 Å². The summed E-state index contributed by atoms with van der Waals surface area (Å²) in [6.45, 7) is 19.9. The molecule has 2 aliphatic heterocycles. The Bertz CT molecular complexity index is 1760. The molecule has 17 heteroatoms. The topological polar surface area (TPSA) is 187 Å². The highest BCUT2D eigenvalue weighted by Crippen LogP contribution is 2.37. The predicted molar refractivity (Wildman–Crippen MR) is 220 cm³/mol. The number of aldehydes is 1. The van der Waals surface area contributed by atoms with E-state index >= 15 is 0 Å². The van der Waals surface area contributed by atoms with Crippen molar-refractivity contribution in [2.24, 2.45) is 15.8 Å². The SMILES string of the molecule is CC(C)(C)OC(=O)N1[C@H](C(C)(C)C)COS1(=O)=O.COCCCOc1cc(O)c(C=O)cc1OC.COCCCOc1cc2c(cc1OC)C=N[C@H](C(C)(C)C)CO2. The number of ether oxygens (including phenoxy) is 8. The van der Waals surface area contributed by atoms with Gasteiger partial charge in [-0.15, -0.1) is 0 Å². The standard InChI is InChI=1S/C18H27NO4.C12H16O5.C11H21NO5S/c1-18(2,3)17-12-23-14-10-16(22-8-6-7-20-4)15(21-5)9-13(14)11-19-17;1-15-4-3-5-17-12-7-10(14)9(8-13)6-11(12)16-2;1-10(2,3)8-7-16-18(14,15)12(8)9(13)17-11(4,5)6/h9-11,17H,6-8,12H2,1-5H3;6-8,14H,3-5H2,1-2H3;8H,7H2,1-6H3/t17-;;8-/m0.0/s1. The van der Waals surface area contributed by atoms with Crippen LogP contribution in [0.3, 0.4) is 0 Å². The average molecular weight is 841 g/mol. The van der Waals surface area contributed by atoms with Crippen molar-refractivity contribution in [3.05, 3.63) is 35.4 Å². The third-order valence-corrected chi connectivity index (χ3v) is 9.82. The second kappa shape index (κ2) is 22.2. The van der Waals surface area contributed by atoms with Gasteiger partial charge in [0, 0.05) is 64.2 Å². The smallest absolute Gasteiger partial charge is 0.426 e. The first-order valence-electron chi connectivity index (χ1n) is 18.9. The van der Waals surface area contributed by atoms with E-state index < -0.39 is 33.5 Å². The monoisotopic (exact) mass is 840 g/mol. The number of carbonyl (C=O) groups is 2. The van der Waals surface area contributed by atoms with Crippen LogP contribution in [-0.4, -0.2) is 122 Å². The number of phenolic OH excluding ortho intramolecular Hbond substituents is 1. The van der Waals surface area contributed by atoms with E-state index in [9.17, 15) is 23.1 Å². The van der Waals surface area contributed by atoms with Gasteiger partial charge < -0.3 is 43.0 Å². The van der Waals surface area contributed by atoms with Crippen LogP contribution < -0.4 is 23.7 Å². The number of fused-ring (bicyclic) bond motifs is 1.